The van der Waals surface area contributed by atoms with E-state index < -0.39 is 5.60 Å². The normalized spacial score (nSPS) is 44.5. The molecule has 0 spiro atoms. The Morgan fingerprint density at radius 2 is 1.97 bits per heavy atom. The third-order valence-electron chi connectivity index (χ3n) is 9.95. The molecule has 168 valence electrons. The Balaban J connectivity index is 1.33. The van der Waals surface area contributed by atoms with Gasteiger partial charge in [-0.3, -0.25) is 9.48 Å². The zero-order chi connectivity index (χ0) is 21.8. The van der Waals surface area contributed by atoms with Crippen molar-refractivity contribution >= 4 is 5.78 Å². The molecule has 4 saturated carbocycles. The predicted octanol–water partition coefficient (Wildman–Crippen LogP) is 4.73. The summed E-state index contributed by atoms with van der Waals surface area (Å²) in [5, 5.41) is 23.9. The first-order valence-corrected chi connectivity index (χ1v) is 12.5. The van der Waals surface area contributed by atoms with Crippen molar-refractivity contribution in [1.29, 1.82) is 5.26 Å². The molecule has 0 bridgehead atoms. The minimum absolute atomic E-state index is 0.106. The van der Waals surface area contributed by atoms with Gasteiger partial charge in [-0.05, 0) is 99.7 Å². The van der Waals surface area contributed by atoms with Gasteiger partial charge in [0, 0.05) is 12.1 Å². The number of aliphatic hydroxyl groups is 1. The Kier molecular flexibility index (Phi) is 5.28. The van der Waals surface area contributed by atoms with Gasteiger partial charge in [-0.25, -0.2) is 0 Å². The molecule has 1 heterocycles. The van der Waals surface area contributed by atoms with Gasteiger partial charge in [-0.1, -0.05) is 13.3 Å². The molecule has 0 aromatic carbocycles. The van der Waals surface area contributed by atoms with Crippen molar-refractivity contribution in [1.82, 2.24) is 9.78 Å². The number of fused-ring (bicyclic) bond motifs is 5. The first kappa shape index (κ1) is 21.2. The molecule has 1 aromatic heterocycles. The maximum atomic E-state index is 13.4. The van der Waals surface area contributed by atoms with Gasteiger partial charge in [0.2, 0.25) is 0 Å². The van der Waals surface area contributed by atoms with Gasteiger partial charge in [0.05, 0.1) is 23.9 Å². The Labute approximate surface area is 186 Å². The van der Waals surface area contributed by atoms with Gasteiger partial charge in [0.1, 0.15) is 6.07 Å². The molecule has 1 unspecified atom stereocenters. The molecular formula is C26H37N3O2. The molecule has 4 aliphatic carbocycles. The number of nitriles is 1. The molecule has 0 radical (unpaired) electrons. The lowest BCUT2D eigenvalue weighted by Crippen LogP contribution is -2.55. The van der Waals surface area contributed by atoms with Crippen molar-refractivity contribution in [3.63, 3.8) is 0 Å². The second kappa shape index (κ2) is 7.73. The average molecular weight is 424 g/mol. The maximum Gasteiger partial charge on any atom is 0.157 e. The fourth-order valence-electron chi connectivity index (χ4n) is 8.58. The van der Waals surface area contributed by atoms with Crippen LogP contribution in [0, 0.1) is 52.3 Å². The van der Waals surface area contributed by atoms with E-state index in [9.17, 15) is 9.90 Å². The minimum Gasteiger partial charge on any atom is -0.390 e. The number of hydrogen-bond acceptors (Lipinski definition) is 4. The van der Waals surface area contributed by atoms with Gasteiger partial charge < -0.3 is 5.11 Å². The third kappa shape index (κ3) is 3.65. The molecule has 0 amide bonds. The van der Waals surface area contributed by atoms with Crippen LogP contribution in [0.1, 0.15) is 83.6 Å². The number of nitrogens with zero attached hydrogens (tertiary/aromatic N) is 3. The molecule has 1 aromatic rings. The third-order valence-corrected chi connectivity index (χ3v) is 9.95. The molecule has 0 saturated heterocycles. The van der Waals surface area contributed by atoms with Crippen LogP contribution in [0.25, 0.3) is 0 Å². The number of Topliss-reactive ketones (excluding diaryl/α,β-unsaturated/α-hetero) is 1. The van der Waals surface area contributed by atoms with Crippen LogP contribution in [0.2, 0.25) is 0 Å². The van der Waals surface area contributed by atoms with E-state index in [1.54, 1.807) is 17.1 Å². The molecule has 4 fully saturated rings. The van der Waals surface area contributed by atoms with E-state index in [4.69, 9.17) is 5.26 Å². The van der Waals surface area contributed by atoms with Crippen molar-refractivity contribution in [2.24, 2.45) is 40.9 Å². The number of aromatic nitrogens is 2. The van der Waals surface area contributed by atoms with E-state index in [0.29, 0.717) is 29.7 Å². The highest BCUT2D eigenvalue weighted by Gasteiger charge is 2.57. The molecule has 4 aliphatic rings. The molecule has 5 rings (SSSR count). The summed E-state index contributed by atoms with van der Waals surface area (Å²) in [6, 6.07) is 2.10. The topological polar surface area (TPSA) is 78.9 Å². The molecule has 8 atom stereocenters. The largest absolute Gasteiger partial charge is 0.390 e. The molecule has 0 aliphatic heterocycles. The van der Waals surface area contributed by atoms with E-state index in [2.05, 4.69) is 18.1 Å². The van der Waals surface area contributed by atoms with Gasteiger partial charge in [0.15, 0.2) is 5.78 Å². The standard InChI is InChI=1S/C26H37N3O2/c1-25(31)10-8-19-18(12-25)6-7-21-20(19)9-11-26(2)22(21)4-3-5-23(26)24(30)16-29-15-17(13-27)14-28-29/h14-15,18-23,31H,3-12,16H2,1-2H3/t18-,19+,20-,21-,22?,23-,25-,26+/m1/s1. The van der Waals surface area contributed by atoms with Gasteiger partial charge in [-0.15, -0.1) is 0 Å². The number of rotatable bonds is 3. The first-order chi connectivity index (χ1) is 14.8. The summed E-state index contributed by atoms with van der Waals surface area (Å²) in [4.78, 5) is 13.4. The lowest BCUT2D eigenvalue weighted by molar-refractivity contribution is -0.148. The van der Waals surface area contributed by atoms with Crippen LogP contribution >= 0.6 is 0 Å². The second-order valence-corrected chi connectivity index (χ2v) is 11.7. The maximum absolute atomic E-state index is 13.4. The summed E-state index contributed by atoms with van der Waals surface area (Å²) in [5.41, 5.74) is 0.163. The lowest BCUT2D eigenvalue weighted by Gasteiger charge is -2.60. The van der Waals surface area contributed by atoms with Crippen molar-refractivity contribution in [2.75, 3.05) is 0 Å². The van der Waals surface area contributed by atoms with Crippen LogP contribution in [0.15, 0.2) is 12.4 Å². The van der Waals surface area contributed by atoms with Gasteiger partial charge in [0.25, 0.3) is 0 Å². The predicted molar refractivity (Wildman–Crippen MR) is 118 cm³/mol. The Hall–Kier alpha value is -1.67. The fraction of sp³-hybridized carbons (Fsp3) is 0.808. The molecule has 1 N–H and O–H groups in total. The van der Waals surface area contributed by atoms with Gasteiger partial charge in [-0.2, -0.15) is 10.4 Å². The lowest BCUT2D eigenvalue weighted by atomic mass is 9.44. The van der Waals surface area contributed by atoms with Crippen molar-refractivity contribution in [3.8, 4) is 6.07 Å². The average Bonchev–Trinajstić information content (AvgIpc) is 3.19. The Morgan fingerprint density at radius 1 is 1.16 bits per heavy atom. The van der Waals surface area contributed by atoms with Crippen LogP contribution in [0.5, 0.6) is 0 Å². The first-order valence-electron chi connectivity index (χ1n) is 12.5. The Bertz CT molecular complexity index is 883. The van der Waals surface area contributed by atoms with E-state index >= 15 is 0 Å². The van der Waals surface area contributed by atoms with Gasteiger partial charge >= 0.3 is 0 Å². The summed E-state index contributed by atoms with van der Waals surface area (Å²) in [5.74, 6) is 4.12. The smallest absolute Gasteiger partial charge is 0.157 e. The zero-order valence-electron chi connectivity index (χ0n) is 19.1. The summed E-state index contributed by atoms with van der Waals surface area (Å²) in [6.45, 7) is 4.74. The second-order valence-electron chi connectivity index (χ2n) is 11.7. The monoisotopic (exact) mass is 423 g/mol. The van der Waals surface area contributed by atoms with Crippen LogP contribution in [0.3, 0.4) is 0 Å². The minimum atomic E-state index is -0.461. The summed E-state index contributed by atoms with van der Waals surface area (Å²) in [7, 11) is 0. The van der Waals surface area contributed by atoms with E-state index in [-0.39, 0.29) is 11.3 Å². The van der Waals surface area contributed by atoms with Crippen molar-refractivity contribution in [2.45, 2.75) is 90.2 Å². The molecule has 31 heavy (non-hydrogen) atoms. The molecule has 5 heteroatoms. The number of hydrogen-bond donors (Lipinski definition) is 1. The van der Waals surface area contributed by atoms with E-state index in [0.717, 1.165) is 49.9 Å². The van der Waals surface area contributed by atoms with Crippen LogP contribution < -0.4 is 0 Å². The molecule has 5 nitrogen and oxygen atoms in total. The van der Waals surface area contributed by atoms with Crippen LogP contribution in [0.4, 0.5) is 0 Å². The zero-order valence-corrected chi connectivity index (χ0v) is 19.1. The van der Waals surface area contributed by atoms with E-state index in [1.165, 1.54) is 32.1 Å². The van der Waals surface area contributed by atoms with Crippen molar-refractivity contribution in [3.05, 3.63) is 18.0 Å². The summed E-state index contributed by atoms with van der Waals surface area (Å²) >= 11 is 0. The highest BCUT2D eigenvalue weighted by atomic mass is 16.3. The fourth-order valence-corrected chi connectivity index (χ4v) is 8.58. The van der Waals surface area contributed by atoms with Crippen LogP contribution in [-0.2, 0) is 11.3 Å². The summed E-state index contributed by atoms with van der Waals surface area (Å²) in [6.07, 6.45) is 14.8. The number of ketones is 1. The number of carbonyl (C=O) groups is 1. The molecular weight excluding hydrogens is 386 g/mol. The SMILES string of the molecule is C[C@@]1(O)CC[C@H]2[C@H](CC[C@H]3C4CCC[C@H](C(=O)Cn5cc(C#N)cn5)[C@@]4(C)CC[C@H]23)C1. The highest BCUT2D eigenvalue weighted by Crippen LogP contribution is 2.63. The van der Waals surface area contributed by atoms with E-state index in [1.807, 2.05) is 6.92 Å². The summed E-state index contributed by atoms with van der Waals surface area (Å²) < 4.78 is 1.65. The number of carbonyl (C=O) groups excluding carboxylic acids is 1. The Morgan fingerprint density at radius 3 is 2.74 bits per heavy atom. The highest BCUT2D eigenvalue weighted by molar-refractivity contribution is 5.81. The van der Waals surface area contributed by atoms with Crippen LogP contribution in [-0.4, -0.2) is 26.3 Å². The van der Waals surface area contributed by atoms with Crippen molar-refractivity contribution < 1.29 is 9.90 Å². The quantitative estimate of drug-likeness (QED) is 0.762.